The van der Waals surface area contributed by atoms with Gasteiger partial charge >= 0.3 is 0 Å². The molecule has 1 amide bonds. The molecule has 0 unspecified atom stereocenters. The zero-order valence-electron chi connectivity index (χ0n) is 16.0. The van der Waals surface area contributed by atoms with E-state index in [1.54, 1.807) is 36.4 Å². The number of aryl methyl sites for hydroxylation is 1. The van der Waals surface area contributed by atoms with E-state index in [0.717, 1.165) is 17.5 Å². The minimum atomic E-state index is -0.362. The number of aromatic hydroxyl groups is 1. The van der Waals surface area contributed by atoms with Crippen LogP contribution in [-0.2, 0) is 13.0 Å². The third-order valence-corrected chi connectivity index (χ3v) is 4.49. The second-order valence-electron chi connectivity index (χ2n) is 6.42. The van der Waals surface area contributed by atoms with Crippen molar-refractivity contribution < 1.29 is 14.6 Å². The molecule has 0 saturated heterocycles. The minimum Gasteiger partial charge on any atom is -0.506 e. The molecular weight excluding hydrogens is 384 g/mol. The quantitative estimate of drug-likeness (QED) is 0.410. The monoisotopic (exact) mass is 406 g/mol. The summed E-state index contributed by atoms with van der Waals surface area (Å²) in [5.74, 6) is 0.294. The van der Waals surface area contributed by atoms with Gasteiger partial charge in [0.1, 0.15) is 18.1 Å². The van der Waals surface area contributed by atoms with Gasteiger partial charge in [0.05, 0.1) is 5.69 Å². The minimum absolute atomic E-state index is 0.0649. The van der Waals surface area contributed by atoms with E-state index in [1.165, 1.54) is 0 Å². The van der Waals surface area contributed by atoms with Crippen LogP contribution in [0.15, 0.2) is 72.8 Å². The first-order chi connectivity index (χ1) is 14.0. The molecule has 0 aromatic heterocycles. The van der Waals surface area contributed by atoms with Crippen molar-refractivity contribution in [3.63, 3.8) is 0 Å². The number of phenols is 1. The van der Waals surface area contributed by atoms with Crippen molar-refractivity contribution in [2.75, 3.05) is 5.32 Å². The summed E-state index contributed by atoms with van der Waals surface area (Å²) >= 11 is 5.21. The van der Waals surface area contributed by atoms with Gasteiger partial charge in [-0.05, 0) is 60.1 Å². The molecule has 3 aromatic rings. The van der Waals surface area contributed by atoms with Gasteiger partial charge in [-0.15, -0.1) is 0 Å². The van der Waals surface area contributed by atoms with E-state index < -0.39 is 0 Å². The average Bonchev–Trinajstić information content (AvgIpc) is 2.74. The third-order valence-electron chi connectivity index (χ3n) is 4.29. The molecule has 0 heterocycles. The lowest BCUT2D eigenvalue weighted by Crippen LogP contribution is -2.34. The summed E-state index contributed by atoms with van der Waals surface area (Å²) in [6.07, 6.45) is 0.823. The molecular formula is C23H22N2O3S. The molecule has 6 heteroatoms. The van der Waals surface area contributed by atoms with Gasteiger partial charge in [-0.1, -0.05) is 49.4 Å². The number of hydrogen-bond acceptors (Lipinski definition) is 4. The molecule has 3 N–H and O–H groups in total. The fourth-order valence-corrected chi connectivity index (χ4v) is 2.90. The highest BCUT2D eigenvalue weighted by molar-refractivity contribution is 7.80. The van der Waals surface area contributed by atoms with Crippen molar-refractivity contribution in [2.45, 2.75) is 20.0 Å². The topological polar surface area (TPSA) is 70.6 Å². The fourth-order valence-electron chi connectivity index (χ4n) is 2.70. The van der Waals surface area contributed by atoms with E-state index in [9.17, 15) is 9.90 Å². The van der Waals surface area contributed by atoms with Crippen LogP contribution in [-0.4, -0.2) is 16.1 Å². The highest BCUT2D eigenvalue weighted by Crippen LogP contribution is 2.24. The highest BCUT2D eigenvalue weighted by atomic mass is 32.1. The van der Waals surface area contributed by atoms with E-state index >= 15 is 0 Å². The third kappa shape index (κ3) is 5.80. The molecule has 0 aliphatic rings. The number of carbonyl (C=O) groups excluding carboxylic acids is 1. The van der Waals surface area contributed by atoms with Gasteiger partial charge in [0.25, 0.3) is 5.91 Å². The van der Waals surface area contributed by atoms with Crippen LogP contribution in [0, 0.1) is 0 Å². The first kappa shape index (κ1) is 20.4. The van der Waals surface area contributed by atoms with Crippen molar-refractivity contribution in [3.8, 4) is 11.5 Å². The van der Waals surface area contributed by atoms with Gasteiger partial charge in [0.15, 0.2) is 5.11 Å². The van der Waals surface area contributed by atoms with Gasteiger partial charge in [-0.2, -0.15) is 0 Å². The van der Waals surface area contributed by atoms with Crippen LogP contribution >= 0.6 is 12.2 Å². The first-order valence-electron chi connectivity index (χ1n) is 9.26. The van der Waals surface area contributed by atoms with E-state index in [-0.39, 0.29) is 16.8 Å². The summed E-state index contributed by atoms with van der Waals surface area (Å²) in [6, 6.07) is 21.9. The summed E-state index contributed by atoms with van der Waals surface area (Å²) in [4.78, 5) is 12.5. The second kappa shape index (κ2) is 9.71. The van der Waals surface area contributed by atoms with Gasteiger partial charge in [0.2, 0.25) is 0 Å². The van der Waals surface area contributed by atoms with Crippen LogP contribution in [0.1, 0.15) is 28.4 Å². The molecule has 0 atom stereocenters. The number of rotatable bonds is 6. The highest BCUT2D eigenvalue weighted by Gasteiger charge is 2.11. The number of anilines is 1. The molecule has 0 radical (unpaired) electrons. The molecule has 3 aromatic carbocycles. The maximum Gasteiger partial charge on any atom is 0.257 e. The number of carbonyl (C=O) groups is 1. The van der Waals surface area contributed by atoms with Crippen molar-refractivity contribution in [2.24, 2.45) is 0 Å². The van der Waals surface area contributed by atoms with Crippen LogP contribution in [0.25, 0.3) is 0 Å². The second-order valence-corrected chi connectivity index (χ2v) is 6.82. The number of phenolic OH excluding ortho intramolecular Hbond substituents is 1. The smallest absolute Gasteiger partial charge is 0.257 e. The van der Waals surface area contributed by atoms with Crippen LogP contribution in [0.4, 0.5) is 5.69 Å². The molecule has 0 aliphatic carbocycles. The van der Waals surface area contributed by atoms with Crippen molar-refractivity contribution in [3.05, 3.63) is 89.5 Å². The molecule has 148 valence electrons. The summed E-state index contributed by atoms with van der Waals surface area (Å²) in [5.41, 5.74) is 2.96. The Bertz CT molecular complexity index is 1010. The fraction of sp³-hybridized carbons (Fsp3) is 0.130. The standard InChI is InChI=1S/C23H22N2O3S/c1-2-16-11-12-21(26)20(13-16)24-23(29)25-22(27)18-9-6-10-19(14-18)28-15-17-7-4-3-5-8-17/h3-14,26H,2,15H2,1H3,(H2,24,25,27,29). The van der Waals surface area contributed by atoms with Gasteiger partial charge in [-0.3, -0.25) is 10.1 Å². The van der Waals surface area contributed by atoms with Crippen molar-refractivity contribution in [1.82, 2.24) is 5.32 Å². The Morgan fingerprint density at radius 1 is 1.00 bits per heavy atom. The van der Waals surface area contributed by atoms with Crippen molar-refractivity contribution in [1.29, 1.82) is 0 Å². The maximum absolute atomic E-state index is 12.5. The zero-order chi connectivity index (χ0) is 20.6. The van der Waals surface area contributed by atoms with Crippen LogP contribution in [0.5, 0.6) is 11.5 Å². The molecule has 0 saturated carbocycles. The Morgan fingerprint density at radius 2 is 1.79 bits per heavy atom. The molecule has 29 heavy (non-hydrogen) atoms. The van der Waals surface area contributed by atoms with Crippen molar-refractivity contribution >= 4 is 28.9 Å². The Kier molecular flexibility index (Phi) is 6.81. The Labute approximate surface area is 175 Å². The lowest BCUT2D eigenvalue weighted by Gasteiger charge is -2.12. The van der Waals surface area contributed by atoms with Gasteiger partial charge in [-0.25, -0.2) is 0 Å². The van der Waals surface area contributed by atoms with E-state index in [0.29, 0.717) is 23.6 Å². The molecule has 0 bridgehead atoms. The normalized spacial score (nSPS) is 10.2. The lowest BCUT2D eigenvalue weighted by molar-refractivity contribution is 0.0977. The number of ether oxygens (including phenoxy) is 1. The lowest BCUT2D eigenvalue weighted by atomic mass is 10.1. The first-order valence-corrected chi connectivity index (χ1v) is 9.67. The van der Waals surface area contributed by atoms with Gasteiger partial charge < -0.3 is 15.2 Å². The molecule has 0 spiro atoms. The predicted octanol–water partition coefficient (Wildman–Crippen LogP) is 4.66. The van der Waals surface area contributed by atoms with Crippen LogP contribution < -0.4 is 15.4 Å². The Hall–Kier alpha value is -3.38. The number of benzene rings is 3. The zero-order valence-corrected chi connectivity index (χ0v) is 16.8. The summed E-state index contributed by atoms with van der Waals surface area (Å²) < 4.78 is 5.76. The number of amides is 1. The van der Waals surface area contributed by atoms with Gasteiger partial charge in [0, 0.05) is 5.56 Å². The van der Waals surface area contributed by atoms with Crippen LogP contribution in [0.3, 0.4) is 0 Å². The largest absolute Gasteiger partial charge is 0.506 e. The Morgan fingerprint density at radius 3 is 2.55 bits per heavy atom. The number of thiocarbonyl (C=S) groups is 1. The molecule has 0 aliphatic heterocycles. The van der Waals surface area contributed by atoms with E-state index in [4.69, 9.17) is 17.0 Å². The Balaban J connectivity index is 1.61. The molecule has 3 rings (SSSR count). The van der Waals surface area contributed by atoms with E-state index in [2.05, 4.69) is 10.6 Å². The molecule has 0 fully saturated rings. The summed E-state index contributed by atoms with van der Waals surface area (Å²) in [5, 5.41) is 15.6. The maximum atomic E-state index is 12.5. The number of hydrogen-bond donors (Lipinski definition) is 3. The van der Waals surface area contributed by atoms with E-state index in [1.807, 2.05) is 43.3 Å². The number of nitrogens with one attached hydrogen (secondary N) is 2. The van der Waals surface area contributed by atoms with Crippen LogP contribution in [0.2, 0.25) is 0 Å². The predicted molar refractivity (Wildman–Crippen MR) is 118 cm³/mol. The SMILES string of the molecule is CCc1ccc(O)c(NC(=S)NC(=O)c2cccc(OCc3ccccc3)c2)c1. The summed E-state index contributed by atoms with van der Waals surface area (Å²) in [6.45, 7) is 2.43. The summed E-state index contributed by atoms with van der Waals surface area (Å²) in [7, 11) is 0. The molecule has 5 nitrogen and oxygen atoms in total. The average molecular weight is 407 g/mol.